The highest BCUT2D eigenvalue weighted by atomic mass is 32.2. The van der Waals surface area contributed by atoms with Gasteiger partial charge in [-0.15, -0.1) is 10.2 Å². The van der Waals surface area contributed by atoms with E-state index in [2.05, 4.69) is 10.2 Å². The van der Waals surface area contributed by atoms with Crippen molar-refractivity contribution >= 4 is 26.5 Å². The summed E-state index contributed by atoms with van der Waals surface area (Å²) >= 11 is 1.17. The molecule has 1 aromatic heterocycles. The molecule has 0 bridgehead atoms. The first-order valence-corrected chi connectivity index (χ1v) is 8.69. The molecule has 0 unspecified atom stereocenters. The Hall–Kier alpha value is -1.67. The van der Waals surface area contributed by atoms with Gasteiger partial charge in [-0.2, -0.15) is 0 Å². The second-order valence-corrected chi connectivity index (χ2v) is 8.23. The maximum Gasteiger partial charge on any atom is 0.269 e. The van der Waals surface area contributed by atoms with E-state index in [1.165, 1.54) is 23.9 Å². The van der Waals surface area contributed by atoms with Gasteiger partial charge in [-0.3, -0.25) is 0 Å². The third-order valence-corrected chi connectivity index (χ3v) is 5.96. The number of ether oxygens (including phenoxy) is 1. The predicted octanol–water partition coefficient (Wildman–Crippen LogP) is 2.08. The minimum atomic E-state index is -3.72. The smallest absolute Gasteiger partial charge is 0.269 e. The highest BCUT2D eigenvalue weighted by Gasteiger charge is 2.36. The molecule has 0 atom stereocenters. The van der Waals surface area contributed by atoms with E-state index < -0.39 is 15.6 Å². The number of hydrogen-bond donors (Lipinski definition) is 0. The summed E-state index contributed by atoms with van der Waals surface area (Å²) in [6, 6.07) is 5.20. The molecule has 6 nitrogen and oxygen atoms in total. The van der Waals surface area contributed by atoms with Gasteiger partial charge in [-0.05, 0) is 25.5 Å². The third-order valence-electron chi connectivity index (χ3n) is 3.31. The number of para-hydroxylation sites is 1. The van der Waals surface area contributed by atoms with Crippen LogP contribution in [0.25, 0.3) is 0 Å². The second kappa shape index (κ2) is 4.67. The summed E-state index contributed by atoms with van der Waals surface area (Å²) in [4.78, 5) is 0.170. The largest absolute Gasteiger partial charge is 0.486 e. The molecule has 112 valence electrons. The lowest BCUT2D eigenvalue weighted by molar-refractivity contribution is 0.135. The van der Waals surface area contributed by atoms with E-state index in [1.807, 2.05) is 19.9 Å². The fraction of sp³-hybridized carbons (Fsp3) is 0.385. The van der Waals surface area contributed by atoms with Crippen LogP contribution in [0, 0.1) is 0 Å². The molecule has 0 N–H and O–H groups in total. The molecule has 21 heavy (non-hydrogen) atoms. The molecule has 0 radical (unpaired) electrons. The first kappa shape index (κ1) is 14.3. The Balaban J connectivity index is 2.08. The molecule has 2 aromatic rings. The van der Waals surface area contributed by atoms with Gasteiger partial charge in [0.2, 0.25) is 5.13 Å². The van der Waals surface area contributed by atoms with Crippen LogP contribution in [0.15, 0.2) is 28.6 Å². The van der Waals surface area contributed by atoms with Crippen LogP contribution in [0.4, 0.5) is 5.13 Å². The molecule has 3 rings (SSSR count). The van der Waals surface area contributed by atoms with Crippen molar-refractivity contribution in [2.24, 2.45) is 0 Å². The standard InChI is InChI=1S/C13H15N3O3S2/c1-13(2)7-9-5-4-6-10(11(9)19-13)21(17,18)16(3)12-15-14-8-20-12/h4-6,8H,7H2,1-3H3. The molecular weight excluding hydrogens is 310 g/mol. The maximum absolute atomic E-state index is 12.8. The van der Waals surface area contributed by atoms with Gasteiger partial charge in [0.05, 0.1) is 0 Å². The van der Waals surface area contributed by atoms with Gasteiger partial charge >= 0.3 is 0 Å². The van der Waals surface area contributed by atoms with E-state index in [1.54, 1.807) is 12.1 Å². The third kappa shape index (κ3) is 2.38. The van der Waals surface area contributed by atoms with Crippen molar-refractivity contribution in [1.82, 2.24) is 10.2 Å². The molecule has 1 aromatic carbocycles. The number of rotatable bonds is 3. The number of aromatic nitrogens is 2. The van der Waals surface area contributed by atoms with Crippen LogP contribution in [0.5, 0.6) is 5.75 Å². The highest BCUT2D eigenvalue weighted by Crippen LogP contribution is 2.40. The van der Waals surface area contributed by atoms with E-state index in [-0.39, 0.29) is 4.90 Å². The van der Waals surface area contributed by atoms with Crippen LogP contribution < -0.4 is 9.04 Å². The lowest BCUT2D eigenvalue weighted by Gasteiger charge is -2.20. The Morgan fingerprint density at radius 2 is 2.14 bits per heavy atom. The van der Waals surface area contributed by atoms with Crippen molar-refractivity contribution in [3.05, 3.63) is 29.3 Å². The Morgan fingerprint density at radius 3 is 2.81 bits per heavy atom. The van der Waals surface area contributed by atoms with Crippen LogP contribution in [-0.2, 0) is 16.4 Å². The Labute approximate surface area is 127 Å². The summed E-state index contributed by atoms with van der Waals surface area (Å²) < 4.78 is 32.5. The van der Waals surface area contributed by atoms with Crippen LogP contribution in [0.1, 0.15) is 19.4 Å². The quantitative estimate of drug-likeness (QED) is 0.864. The number of hydrogen-bond acceptors (Lipinski definition) is 6. The monoisotopic (exact) mass is 325 g/mol. The van der Waals surface area contributed by atoms with Crippen LogP contribution in [0.2, 0.25) is 0 Å². The maximum atomic E-state index is 12.8. The van der Waals surface area contributed by atoms with Crippen molar-refractivity contribution < 1.29 is 13.2 Å². The summed E-state index contributed by atoms with van der Waals surface area (Å²) in [6.07, 6.45) is 0.689. The molecule has 0 amide bonds. The van der Waals surface area contributed by atoms with Gasteiger partial charge in [0.25, 0.3) is 10.0 Å². The summed E-state index contributed by atoms with van der Waals surface area (Å²) in [5.41, 5.74) is 2.01. The SMILES string of the molecule is CN(c1nncs1)S(=O)(=O)c1cccc2c1OC(C)(C)C2. The average molecular weight is 325 g/mol. The molecule has 2 heterocycles. The fourth-order valence-electron chi connectivity index (χ4n) is 2.35. The summed E-state index contributed by atoms with van der Waals surface area (Å²) in [5, 5.41) is 7.81. The number of nitrogens with zero attached hydrogens (tertiary/aromatic N) is 3. The van der Waals surface area contributed by atoms with Gasteiger partial charge in [0, 0.05) is 13.5 Å². The van der Waals surface area contributed by atoms with Gasteiger partial charge in [-0.25, -0.2) is 12.7 Å². The predicted molar refractivity (Wildman–Crippen MR) is 80.4 cm³/mol. The molecule has 1 aliphatic heterocycles. The van der Waals surface area contributed by atoms with E-state index in [0.717, 1.165) is 9.87 Å². The molecule has 0 fully saturated rings. The number of fused-ring (bicyclic) bond motifs is 1. The Kier molecular flexibility index (Phi) is 3.18. The van der Waals surface area contributed by atoms with Crippen molar-refractivity contribution in [2.75, 3.05) is 11.4 Å². The lowest BCUT2D eigenvalue weighted by Crippen LogP contribution is -2.28. The Bertz CT molecular complexity index is 770. The summed E-state index contributed by atoms with van der Waals surface area (Å²) in [5.74, 6) is 0.443. The number of sulfonamides is 1. The van der Waals surface area contributed by atoms with Crippen molar-refractivity contribution in [3.8, 4) is 5.75 Å². The summed E-state index contributed by atoms with van der Waals surface area (Å²) in [6.45, 7) is 3.88. The van der Waals surface area contributed by atoms with Gasteiger partial charge in [0.15, 0.2) is 0 Å². The van der Waals surface area contributed by atoms with Gasteiger partial charge < -0.3 is 4.74 Å². The van der Waals surface area contributed by atoms with E-state index in [0.29, 0.717) is 17.3 Å². The van der Waals surface area contributed by atoms with Crippen LogP contribution >= 0.6 is 11.3 Å². The van der Waals surface area contributed by atoms with Gasteiger partial charge in [-0.1, -0.05) is 23.5 Å². The fourth-order valence-corrected chi connectivity index (χ4v) is 4.39. The van der Waals surface area contributed by atoms with Gasteiger partial charge in [0.1, 0.15) is 21.8 Å². The molecule has 8 heteroatoms. The first-order valence-electron chi connectivity index (χ1n) is 6.37. The van der Waals surface area contributed by atoms with Crippen molar-refractivity contribution in [3.63, 3.8) is 0 Å². The van der Waals surface area contributed by atoms with Crippen LogP contribution in [-0.4, -0.2) is 31.3 Å². The normalized spacial score (nSPS) is 16.3. The lowest BCUT2D eigenvalue weighted by atomic mass is 10.0. The molecule has 0 saturated heterocycles. The highest BCUT2D eigenvalue weighted by molar-refractivity contribution is 7.93. The number of benzene rings is 1. The minimum Gasteiger partial charge on any atom is -0.486 e. The molecule has 0 saturated carbocycles. The second-order valence-electron chi connectivity index (χ2n) is 5.48. The number of anilines is 1. The van der Waals surface area contributed by atoms with Crippen LogP contribution in [0.3, 0.4) is 0 Å². The topological polar surface area (TPSA) is 72.4 Å². The average Bonchev–Trinajstić information content (AvgIpc) is 3.01. The first-order chi connectivity index (χ1) is 9.81. The van der Waals surface area contributed by atoms with Crippen molar-refractivity contribution in [1.29, 1.82) is 0 Å². The zero-order valence-electron chi connectivity index (χ0n) is 11.9. The molecule has 1 aliphatic rings. The molecule has 0 spiro atoms. The summed E-state index contributed by atoms with van der Waals surface area (Å²) in [7, 11) is -2.25. The Morgan fingerprint density at radius 1 is 1.38 bits per heavy atom. The molecule has 0 aliphatic carbocycles. The van der Waals surface area contributed by atoms with E-state index in [9.17, 15) is 8.42 Å². The van der Waals surface area contributed by atoms with Crippen molar-refractivity contribution in [2.45, 2.75) is 30.8 Å². The zero-order valence-corrected chi connectivity index (χ0v) is 13.5. The zero-order chi connectivity index (χ0) is 15.3. The minimum absolute atomic E-state index is 0.170. The van der Waals surface area contributed by atoms with E-state index in [4.69, 9.17) is 4.74 Å². The van der Waals surface area contributed by atoms with E-state index >= 15 is 0 Å². The molecular formula is C13H15N3O3S2.